The summed E-state index contributed by atoms with van der Waals surface area (Å²) < 4.78 is 1.95. The van der Waals surface area contributed by atoms with Crippen molar-refractivity contribution in [3.05, 3.63) is 46.7 Å². The second-order valence-electron chi connectivity index (χ2n) is 7.18. The van der Waals surface area contributed by atoms with Gasteiger partial charge >= 0.3 is 0 Å². The third-order valence-electron chi connectivity index (χ3n) is 5.29. The lowest BCUT2D eigenvalue weighted by Gasteiger charge is -2.32. The molecular formula is C19H26N6. The Morgan fingerprint density at radius 3 is 2.96 bits per heavy atom. The minimum atomic E-state index is 0.546. The zero-order chi connectivity index (χ0) is 17.4. The van der Waals surface area contributed by atoms with Crippen molar-refractivity contribution in [2.75, 3.05) is 13.1 Å². The zero-order valence-corrected chi connectivity index (χ0v) is 15.3. The van der Waals surface area contributed by atoms with Gasteiger partial charge in [-0.1, -0.05) is 6.92 Å². The number of hydrogen-bond acceptors (Lipinski definition) is 4. The summed E-state index contributed by atoms with van der Waals surface area (Å²) in [4.78, 5) is 7.25. The summed E-state index contributed by atoms with van der Waals surface area (Å²) in [5.74, 6) is 0.546. The van der Waals surface area contributed by atoms with Gasteiger partial charge in [-0.25, -0.2) is 9.50 Å². The molecule has 1 fully saturated rings. The van der Waals surface area contributed by atoms with Crippen LogP contribution in [0.3, 0.4) is 0 Å². The second-order valence-corrected chi connectivity index (χ2v) is 7.18. The van der Waals surface area contributed by atoms with Crippen molar-refractivity contribution in [3.8, 4) is 0 Å². The number of nitrogens with zero attached hydrogens (tertiary/aromatic N) is 5. The molecule has 0 radical (unpaired) electrons. The molecule has 0 saturated carbocycles. The quantitative estimate of drug-likeness (QED) is 0.794. The Morgan fingerprint density at radius 2 is 2.12 bits per heavy atom. The van der Waals surface area contributed by atoms with Crippen LogP contribution in [0.4, 0.5) is 0 Å². The number of hydrogen-bond donors (Lipinski definition) is 1. The van der Waals surface area contributed by atoms with Crippen molar-refractivity contribution in [3.63, 3.8) is 0 Å². The molecule has 3 aromatic heterocycles. The lowest BCUT2D eigenvalue weighted by molar-refractivity contribution is 0.198. The molecule has 0 amide bonds. The van der Waals surface area contributed by atoms with E-state index < -0.39 is 0 Å². The molecule has 4 heterocycles. The third-order valence-corrected chi connectivity index (χ3v) is 5.29. The molecule has 132 valence electrons. The molecule has 4 rings (SSSR count). The topological polar surface area (TPSA) is 62.1 Å². The SMILES string of the molecule is CCc1cn[nH]c1[C@@H]1CCCN(Cc2cnn3c(C)cc(C)nc23)C1. The van der Waals surface area contributed by atoms with E-state index in [2.05, 4.69) is 40.1 Å². The summed E-state index contributed by atoms with van der Waals surface area (Å²) in [5, 5.41) is 12.0. The maximum atomic E-state index is 4.72. The van der Waals surface area contributed by atoms with E-state index in [4.69, 9.17) is 4.98 Å². The first kappa shape index (κ1) is 16.3. The highest BCUT2D eigenvalue weighted by Crippen LogP contribution is 2.29. The number of aromatic nitrogens is 5. The Labute approximate surface area is 148 Å². The van der Waals surface area contributed by atoms with Gasteiger partial charge in [-0.3, -0.25) is 10.00 Å². The van der Waals surface area contributed by atoms with E-state index >= 15 is 0 Å². The average Bonchev–Trinajstić information content (AvgIpc) is 3.22. The molecule has 6 nitrogen and oxygen atoms in total. The minimum Gasteiger partial charge on any atom is -0.298 e. The largest absolute Gasteiger partial charge is 0.298 e. The molecule has 6 heteroatoms. The molecule has 1 N–H and O–H groups in total. The van der Waals surface area contributed by atoms with Gasteiger partial charge < -0.3 is 0 Å². The van der Waals surface area contributed by atoms with E-state index in [1.165, 1.54) is 29.7 Å². The predicted octanol–water partition coefficient (Wildman–Crippen LogP) is 3.01. The van der Waals surface area contributed by atoms with Crippen LogP contribution in [0, 0.1) is 13.8 Å². The Hall–Kier alpha value is -2.21. The smallest absolute Gasteiger partial charge is 0.159 e. The van der Waals surface area contributed by atoms with Gasteiger partial charge in [0.05, 0.1) is 12.4 Å². The number of piperidine rings is 1. The van der Waals surface area contributed by atoms with Gasteiger partial charge in [-0.15, -0.1) is 0 Å². The fourth-order valence-corrected chi connectivity index (χ4v) is 4.06. The van der Waals surface area contributed by atoms with E-state index in [-0.39, 0.29) is 0 Å². The minimum absolute atomic E-state index is 0.546. The van der Waals surface area contributed by atoms with Crippen molar-refractivity contribution in [2.45, 2.75) is 52.5 Å². The Balaban J connectivity index is 1.55. The molecule has 1 saturated heterocycles. The Kier molecular flexibility index (Phi) is 4.29. The van der Waals surface area contributed by atoms with Crippen LogP contribution in [0.25, 0.3) is 5.65 Å². The van der Waals surface area contributed by atoms with Crippen LogP contribution in [0.1, 0.15) is 53.9 Å². The van der Waals surface area contributed by atoms with Crippen molar-refractivity contribution in [2.24, 2.45) is 0 Å². The molecule has 1 aliphatic heterocycles. The first-order chi connectivity index (χ1) is 12.2. The van der Waals surface area contributed by atoms with Gasteiger partial charge in [0.2, 0.25) is 0 Å². The van der Waals surface area contributed by atoms with Gasteiger partial charge in [-0.2, -0.15) is 10.2 Å². The maximum Gasteiger partial charge on any atom is 0.159 e. The van der Waals surface area contributed by atoms with Crippen LogP contribution in [0.5, 0.6) is 0 Å². The first-order valence-corrected chi connectivity index (χ1v) is 9.21. The van der Waals surface area contributed by atoms with Crippen molar-refractivity contribution in [1.29, 1.82) is 0 Å². The summed E-state index contributed by atoms with van der Waals surface area (Å²) in [6.45, 7) is 9.44. The summed E-state index contributed by atoms with van der Waals surface area (Å²) in [7, 11) is 0. The summed E-state index contributed by atoms with van der Waals surface area (Å²) in [6, 6.07) is 2.07. The van der Waals surface area contributed by atoms with Crippen molar-refractivity contribution >= 4 is 5.65 Å². The lowest BCUT2D eigenvalue weighted by Crippen LogP contribution is -2.34. The summed E-state index contributed by atoms with van der Waals surface area (Å²) in [6.07, 6.45) is 7.45. The van der Waals surface area contributed by atoms with Crippen LogP contribution in [0.2, 0.25) is 0 Å². The van der Waals surface area contributed by atoms with Crippen LogP contribution >= 0.6 is 0 Å². The highest BCUT2D eigenvalue weighted by Gasteiger charge is 2.25. The van der Waals surface area contributed by atoms with E-state index in [1.54, 1.807) is 0 Å². The Bertz CT molecular complexity index is 877. The third kappa shape index (κ3) is 3.06. The lowest BCUT2D eigenvalue weighted by atomic mass is 9.92. The number of likely N-dealkylation sites (tertiary alicyclic amines) is 1. The number of aromatic amines is 1. The molecule has 0 spiro atoms. The predicted molar refractivity (Wildman–Crippen MR) is 97.7 cm³/mol. The van der Waals surface area contributed by atoms with Crippen LogP contribution in [0.15, 0.2) is 18.5 Å². The molecular weight excluding hydrogens is 312 g/mol. The first-order valence-electron chi connectivity index (χ1n) is 9.21. The zero-order valence-electron chi connectivity index (χ0n) is 15.3. The van der Waals surface area contributed by atoms with Gasteiger partial charge in [0, 0.05) is 41.7 Å². The fraction of sp³-hybridized carbons (Fsp3) is 0.526. The monoisotopic (exact) mass is 338 g/mol. The molecule has 0 aliphatic carbocycles. The van der Waals surface area contributed by atoms with Gasteiger partial charge in [-0.05, 0) is 51.3 Å². The summed E-state index contributed by atoms with van der Waals surface area (Å²) in [5.41, 5.74) is 7.08. The average molecular weight is 338 g/mol. The normalized spacial score (nSPS) is 18.9. The van der Waals surface area contributed by atoms with Crippen LogP contribution in [-0.4, -0.2) is 42.8 Å². The fourth-order valence-electron chi connectivity index (χ4n) is 4.06. The highest BCUT2D eigenvalue weighted by molar-refractivity contribution is 5.47. The molecule has 25 heavy (non-hydrogen) atoms. The van der Waals surface area contributed by atoms with Gasteiger partial charge in [0.1, 0.15) is 0 Å². The number of H-pyrrole nitrogens is 1. The molecule has 0 bridgehead atoms. The number of aryl methyl sites for hydroxylation is 3. The highest BCUT2D eigenvalue weighted by atomic mass is 15.3. The molecule has 3 aromatic rings. The number of nitrogens with one attached hydrogen (secondary N) is 1. The molecule has 1 atom stereocenters. The van der Waals surface area contributed by atoms with Crippen LogP contribution < -0.4 is 0 Å². The molecule has 0 aromatic carbocycles. The van der Waals surface area contributed by atoms with Gasteiger partial charge in [0.15, 0.2) is 5.65 Å². The Morgan fingerprint density at radius 1 is 1.24 bits per heavy atom. The van der Waals surface area contributed by atoms with Crippen molar-refractivity contribution in [1.82, 2.24) is 29.7 Å². The van der Waals surface area contributed by atoms with E-state index in [9.17, 15) is 0 Å². The number of rotatable bonds is 4. The van der Waals surface area contributed by atoms with Crippen LogP contribution in [-0.2, 0) is 13.0 Å². The van der Waals surface area contributed by atoms with Gasteiger partial charge in [0.25, 0.3) is 0 Å². The maximum absolute atomic E-state index is 4.72. The van der Waals surface area contributed by atoms with Crippen molar-refractivity contribution < 1.29 is 0 Å². The standard InChI is InChI=1S/C19H26N6/c1-4-15-9-20-23-18(15)16-6-5-7-24(11-16)12-17-10-21-25-14(3)8-13(2)22-19(17)25/h8-10,16H,4-7,11-12H2,1-3H3,(H,20,23)/t16-/m1/s1. The molecule has 1 aliphatic rings. The van der Waals surface area contributed by atoms with E-state index in [1.807, 2.05) is 23.8 Å². The number of fused-ring (bicyclic) bond motifs is 1. The summed E-state index contributed by atoms with van der Waals surface area (Å²) >= 11 is 0. The van der Waals surface area contributed by atoms with E-state index in [0.717, 1.165) is 43.1 Å². The second kappa shape index (κ2) is 6.59. The molecule has 0 unspecified atom stereocenters. The van der Waals surface area contributed by atoms with E-state index in [0.29, 0.717) is 5.92 Å².